The maximum atomic E-state index is 12.0. The van der Waals surface area contributed by atoms with Crippen molar-refractivity contribution in [2.24, 2.45) is 0 Å². The summed E-state index contributed by atoms with van der Waals surface area (Å²) >= 11 is 0. The summed E-state index contributed by atoms with van der Waals surface area (Å²) in [6.45, 7) is 1.69. The van der Waals surface area contributed by atoms with E-state index < -0.39 is 43.3 Å². The number of carbonyl (C=O) groups excluding carboxylic acids is 1. The van der Waals surface area contributed by atoms with Gasteiger partial charge in [0.15, 0.2) is 12.4 Å². The summed E-state index contributed by atoms with van der Waals surface area (Å²) in [4.78, 5) is 12.0. The van der Waals surface area contributed by atoms with Gasteiger partial charge in [0.25, 0.3) is 0 Å². The molecule has 0 saturated carbocycles. The second-order valence-electron chi connectivity index (χ2n) is 8.52. The summed E-state index contributed by atoms with van der Waals surface area (Å²) in [5.41, 5.74) is 0. The average Bonchev–Trinajstić information content (AvgIpc) is 2.76. The second-order valence-corrected chi connectivity index (χ2v) is 8.52. The molecule has 0 aromatic carbocycles. The molecular formula is C24H44O7. The number of rotatable bonds is 17. The van der Waals surface area contributed by atoms with Crippen molar-refractivity contribution in [2.45, 2.75) is 128 Å². The van der Waals surface area contributed by atoms with Gasteiger partial charge in [-0.3, -0.25) is 4.79 Å². The van der Waals surface area contributed by atoms with Gasteiger partial charge < -0.3 is 29.9 Å². The predicted octanol–water partition coefficient (Wildman–Crippen LogP) is 3.37. The smallest absolute Gasteiger partial charge is 0.306 e. The SMILES string of the molecule is CCCCCCCCC=CCCCCCCCC(=O)O[C@H]1C(O)O[C@H](CO)[C@@H](O)[C@@H]1O. The molecule has 1 fully saturated rings. The van der Waals surface area contributed by atoms with Gasteiger partial charge in [0.2, 0.25) is 0 Å². The highest BCUT2D eigenvalue weighted by Gasteiger charge is 2.45. The highest BCUT2D eigenvalue weighted by Crippen LogP contribution is 2.23. The molecule has 1 saturated heterocycles. The lowest BCUT2D eigenvalue weighted by Crippen LogP contribution is -2.59. The first kappa shape index (κ1) is 28.0. The molecule has 7 heteroatoms. The highest BCUT2D eigenvalue weighted by molar-refractivity contribution is 5.69. The third kappa shape index (κ3) is 12.0. The first-order chi connectivity index (χ1) is 15.0. The van der Waals surface area contributed by atoms with Gasteiger partial charge in [0.1, 0.15) is 18.3 Å². The lowest BCUT2D eigenvalue weighted by Gasteiger charge is -2.39. The van der Waals surface area contributed by atoms with Crippen molar-refractivity contribution < 1.29 is 34.7 Å². The van der Waals surface area contributed by atoms with Gasteiger partial charge in [-0.15, -0.1) is 0 Å². The number of hydrogen-bond donors (Lipinski definition) is 4. The standard InChI is InChI=1S/C24H44O7/c1-2-3-4-5-6-7-8-9-10-11-12-13-14-15-16-17-20(26)31-23-22(28)21(27)19(18-25)30-24(23)29/h9-10,19,21-25,27-29H,2-8,11-18H2,1H3/t19-,21-,22+,23-,24?/m1/s1. The van der Waals surface area contributed by atoms with Crippen LogP contribution in [0.3, 0.4) is 0 Å². The molecule has 1 aliphatic heterocycles. The lowest BCUT2D eigenvalue weighted by molar-refractivity contribution is -0.290. The number of aliphatic hydroxyl groups is 4. The quantitative estimate of drug-likeness (QED) is 0.154. The van der Waals surface area contributed by atoms with E-state index in [4.69, 9.17) is 14.6 Å². The van der Waals surface area contributed by atoms with Gasteiger partial charge in [-0.05, 0) is 32.1 Å². The van der Waals surface area contributed by atoms with Crippen LogP contribution in [0.5, 0.6) is 0 Å². The summed E-state index contributed by atoms with van der Waals surface area (Å²) in [5, 5.41) is 38.7. The van der Waals surface area contributed by atoms with Crippen LogP contribution in [0.2, 0.25) is 0 Å². The van der Waals surface area contributed by atoms with Crippen molar-refractivity contribution >= 4 is 5.97 Å². The van der Waals surface area contributed by atoms with Crippen molar-refractivity contribution in [3.8, 4) is 0 Å². The van der Waals surface area contributed by atoms with Crippen LogP contribution in [0.1, 0.15) is 96.8 Å². The average molecular weight is 445 g/mol. The van der Waals surface area contributed by atoms with Crippen molar-refractivity contribution in [3.63, 3.8) is 0 Å². The number of unbranched alkanes of at least 4 members (excludes halogenated alkanes) is 11. The monoisotopic (exact) mass is 444 g/mol. The Morgan fingerprint density at radius 3 is 1.97 bits per heavy atom. The maximum Gasteiger partial charge on any atom is 0.306 e. The van der Waals surface area contributed by atoms with Gasteiger partial charge >= 0.3 is 5.97 Å². The predicted molar refractivity (Wildman–Crippen MR) is 119 cm³/mol. The van der Waals surface area contributed by atoms with Gasteiger partial charge in [-0.25, -0.2) is 0 Å². The lowest BCUT2D eigenvalue weighted by atomic mass is 9.99. The van der Waals surface area contributed by atoms with E-state index in [1.165, 1.54) is 44.9 Å². The molecule has 7 nitrogen and oxygen atoms in total. The number of hydrogen-bond acceptors (Lipinski definition) is 7. The Bertz CT molecular complexity index is 483. The Hall–Kier alpha value is -0.990. The molecule has 0 aliphatic carbocycles. The minimum atomic E-state index is -1.58. The molecule has 0 radical (unpaired) electrons. The molecule has 0 aromatic rings. The molecule has 5 atom stereocenters. The zero-order valence-electron chi connectivity index (χ0n) is 19.2. The summed E-state index contributed by atoms with van der Waals surface area (Å²) in [7, 11) is 0. The molecule has 0 bridgehead atoms. The molecule has 0 amide bonds. The molecule has 0 aromatic heterocycles. The zero-order valence-corrected chi connectivity index (χ0v) is 19.2. The van der Waals surface area contributed by atoms with Crippen molar-refractivity contribution in [1.82, 2.24) is 0 Å². The van der Waals surface area contributed by atoms with Crippen molar-refractivity contribution in [3.05, 3.63) is 12.2 Å². The van der Waals surface area contributed by atoms with E-state index in [0.717, 1.165) is 32.1 Å². The fourth-order valence-corrected chi connectivity index (χ4v) is 3.75. The second kappa shape index (κ2) is 17.6. The molecule has 1 heterocycles. The Morgan fingerprint density at radius 1 is 0.839 bits per heavy atom. The molecule has 0 spiro atoms. The van der Waals surface area contributed by atoms with Gasteiger partial charge in [-0.2, -0.15) is 0 Å². The normalized spacial score (nSPS) is 26.4. The van der Waals surface area contributed by atoms with Crippen LogP contribution >= 0.6 is 0 Å². The number of allylic oxidation sites excluding steroid dienone is 2. The zero-order chi connectivity index (χ0) is 22.9. The third-order valence-electron chi connectivity index (χ3n) is 5.75. The van der Waals surface area contributed by atoms with Crippen LogP contribution in [-0.4, -0.2) is 63.7 Å². The van der Waals surface area contributed by atoms with E-state index >= 15 is 0 Å². The molecule has 182 valence electrons. The largest absolute Gasteiger partial charge is 0.454 e. The first-order valence-electron chi connectivity index (χ1n) is 12.2. The van der Waals surface area contributed by atoms with Gasteiger partial charge in [0.05, 0.1) is 6.61 Å². The molecule has 1 rings (SSSR count). The topological polar surface area (TPSA) is 116 Å². The Balaban J connectivity index is 1.99. The Kier molecular flexibility index (Phi) is 15.9. The third-order valence-corrected chi connectivity index (χ3v) is 5.75. The van der Waals surface area contributed by atoms with Crippen molar-refractivity contribution in [1.29, 1.82) is 0 Å². The molecule has 31 heavy (non-hydrogen) atoms. The van der Waals surface area contributed by atoms with E-state index in [1.807, 2.05) is 0 Å². The summed E-state index contributed by atoms with van der Waals surface area (Å²) in [6.07, 6.45) is 13.0. The summed E-state index contributed by atoms with van der Waals surface area (Å²) in [6, 6.07) is 0. The van der Waals surface area contributed by atoms with Crippen LogP contribution in [0, 0.1) is 0 Å². The molecule has 4 N–H and O–H groups in total. The van der Waals surface area contributed by atoms with E-state index in [2.05, 4.69) is 19.1 Å². The number of ether oxygens (including phenoxy) is 2. The molecule has 1 aliphatic rings. The molecular weight excluding hydrogens is 400 g/mol. The summed E-state index contributed by atoms with van der Waals surface area (Å²) < 4.78 is 10.1. The van der Waals surface area contributed by atoms with E-state index in [1.54, 1.807) is 0 Å². The van der Waals surface area contributed by atoms with Crippen LogP contribution in [0.15, 0.2) is 12.2 Å². The Morgan fingerprint density at radius 2 is 1.39 bits per heavy atom. The minimum Gasteiger partial charge on any atom is -0.454 e. The summed E-state index contributed by atoms with van der Waals surface area (Å²) in [5.74, 6) is -0.543. The van der Waals surface area contributed by atoms with Gasteiger partial charge in [-0.1, -0.05) is 70.4 Å². The van der Waals surface area contributed by atoms with Crippen LogP contribution in [-0.2, 0) is 14.3 Å². The van der Waals surface area contributed by atoms with Gasteiger partial charge in [0, 0.05) is 6.42 Å². The fourth-order valence-electron chi connectivity index (χ4n) is 3.75. The highest BCUT2D eigenvalue weighted by atomic mass is 16.7. The first-order valence-corrected chi connectivity index (χ1v) is 12.2. The van der Waals surface area contributed by atoms with E-state index in [-0.39, 0.29) is 6.42 Å². The Labute approximate surface area is 187 Å². The van der Waals surface area contributed by atoms with E-state index in [0.29, 0.717) is 6.42 Å². The number of carbonyl (C=O) groups is 1. The maximum absolute atomic E-state index is 12.0. The number of esters is 1. The minimum absolute atomic E-state index is 0.188. The number of aliphatic hydroxyl groups excluding tert-OH is 4. The van der Waals surface area contributed by atoms with Crippen LogP contribution < -0.4 is 0 Å². The van der Waals surface area contributed by atoms with Crippen LogP contribution in [0.25, 0.3) is 0 Å². The van der Waals surface area contributed by atoms with E-state index in [9.17, 15) is 20.1 Å². The van der Waals surface area contributed by atoms with Crippen LogP contribution in [0.4, 0.5) is 0 Å². The van der Waals surface area contributed by atoms with Crippen molar-refractivity contribution in [2.75, 3.05) is 6.61 Å². The fraction of sp³-hybridized carbons (Fsp3) is 0.875. The molecule has 1 unspecified atom stereocenters.